The smallest absolute Gasteiger partial charge is 0.164 e. The summed E-state index contributed by atoms with van der Waals surface area (Å²) in [5.41, 5.74) is 0.490. The van der Waals surface area contributed by atoms with Crippen LogP contribution in [0.3, 0.4) is 0 Å². The average molecular weight is 263 g/mol. The zero-order valence-electron chi connectivity index (χ0n) is 11.6. The Morgan fingerprint density at radius 2 is 2.32 bits per heavy atom. The van der Waals surface area contributed by atoms with E-state index in [0.29, 0.717) is 12.0 Å². The Morgan fingerprint density at radius 1 is 1.47 bits per heavy atom. The van der Waals surface area contributed by atoms with Crippen LogP contribution in [-0.2, 0) is 0 Å². The number of nitrogens with zero attached hydrogens (tertiary/aromatic N) is 1. The van der Waals surface area contributed by atoms with Crippen LogP contribution in [0.4, 0.5) is 4.39 Å². The maximum absolute atomic E-state index is 13.0. The van der Waals surface area contributed by atoms with Crippen LogP contribution in [0.2, 0.25) is 0 Å². The molecule has 2 nitrogen and oxygen atoms in total. The zero-order chi connectivity index (χ0) is 13.7. The Bertz CT molecular complexity index is 433. The van der Waals surface area contributed by atoms with Gasteiger partial charge in [0.15, 0.2) is 5.78 Å². The van der Waals surface area contributed by atoms with Crippen molar-refractivity contribution in [2.24, 2.45) is 5.92 Å². The molecule has 0 bridgehead atoms. The molecule has 1 unspecified atom stereocenters. The summed E-state index contributed by atoms with van der Waals surface area (Å²) in [6.45, 7) is 5.23. The van der Waals surface area contributed by atoms with Crippen molar-refractivity contribution in [1.29, 1.82) is 0 Å². The molecule has 104 valence electrons. The minimum absolute atomic E-state index is 0.0402. The van der Waals surface area contributed by atoms with Crippen molar-refractivity contribution in [2.45, 2.75) is 32.6 Å². The fraction of sp³-hybridized carbons (Fsp3) is 0.562. The summed E-state index contributed by atoms with van der Waals surface area (Å²) in [7, 11) is 0. The van der Waals surface area contributed by atoms with E-state index in [-0.39, 0.29) is 11.6 Å². The topological polar surface area (TPSA) is 20.3 Å². The van der Waals surface area contributed by atoms with E-state index in [1.807, 2.05) is 0 Å². The van der Waals surface area contributed by atoms with Gasteiger partial charge in [-0.1, -0.05) is 25.5 Å². The lowest BCUT2D eigenvalue weighted by Gasteiger charge is -2.15. The van der Waals surface area contributed by atoms with E-state index in [9.17, 15) is 9.18 Å². The standard InChI is InChI=1S/C16H22FNO/c1-2-4-13-7-9-18(12-13)10-8-16(19)14-5-3-6-15(17)11-14/h3,5-6,11,13H,2,4,7-10,12H2,1H3. The highest BCUT2D eigenvalue weighted by Gasteiger charge is 2.21. The average Bonchev–Trinajstić information content (AvgIpc) is 2.84. The Labute approximate surface area is 114 Å². The van der Waals surface area contributed by atoms with Gasteiger partial charge in [0.25, 0.3) is 0 Å². The van der Waals surface area contributed by atoms with Crippen molar-refractivity contribution >= 4 is 5.78 Å². The summed E-state index contributed by atoms with van der Waals surface area (Å²) in [5, 5.41) is 0. The fourth-order valence-corrected chi connectivity index (χ4v) is 2.83. The Morgan fingerprint density at radius 3 is 3.05 bits per heavy atom. The molecule has 0 spiro atoms. The van der Waals surface area contributed by atoms with Crippen molar-refractivity contribution in [3.05, 3.63) is 35.6 Å². The first kappa shape index (κ1) is 14.2. The number of Topliss-reactive ketones (excluding diaryl/α,β-unsaturated/α-hetero) is 1. The predicted molar refractivity (Wildman–Crippen MR) is 74.8 cm³/mol. The summed E-state index contributed by atoms with van der Waals surface area (Å²) < 4.78 is 13.0. The number of hydrogen-bond acceptors (Lipinski definition) is 2. The van der Waals surface area contributed by atoms with E-state index in [4.69, 9.17) is 0 Å². The molecule has 3 heteroatoms. The number of halogens is 1. The lowest BCUT2D eigenvalue weighted by atomic mass is 10.0. The molecule has 0 N–H and O–H groups in total. The van der Waals surface area contributed by atoms with Gasteiger partial charge in [-0.05, 0) is 37.4 Å². The third kappa shape index (κ3) is 4.13. The molecule has 1 aliphatic heterocycles. The molecule has 19 heavy (non-hydrogen) atoms. The van der Waals surface area contributed by atoms with Crippen LogP contribution in [0.5, 0.6) is 0 Å². The molecule has 0 amide bonds. The van der Waals surface area contributed by atoms with Gasteiger partial charge in [-0.2, -0.15) is 0 Å². The van der Waals surface area contributed by atoms with Gasteiger partial charge in [0.1, 0.15) is 5.82 Å². The molecule has 1 aromatic rings. The molecule has 1 fully saturated rings. The quantitative estimate of drug-likeness (QED) is 0.732. The minimum Gasteiger partial charge on any atom is -0.303 e. The third-order valence-corrected chi connectivity index (χ3v) is 3.87. The molecule has 0 aromatic heterocycles. The Balaban J connectivity index is 1.78. The zero-order valence-corrected chi connectivity index (χ0v) is 11.6. The molecule has 1 heterocycles. The summed E-state index contributed by atoms with van der Waals surface area (Å²) in [6.07, 6.45) is 4.26. The van der Waals surface area contributed by atoms with Gasteiger partial charge in [-0.3, -0.25) is 4.79 Å². The number of benzene rings is 1. The lowest BCUT2D eigenvalue weighted by molar-refractivity contribution is 0.0967. The molecule has 1 atom stereocenters. The SMILES string of the molecule is CCCC1CCN(CCC(=O)c2cccc(F)c2)C1. The van der Waals surface area contributed by atoms with Crippen LogP contribution in [0.1, 0.15) is 43.0 Å². The monoisotopic (exact) mass is 263 g/mol. The van der Waals surface area contributed by atoms with Gasteiger partial charge in [-0.25, -0.2) is 4.39 Å². The highest BCUT2D eigenvalue weighted by atomic mass is 19.1. The molecule has 2 rings (SSSR count). The maximum atomic E-state index is 13.0. The summed E-state index contributed by atoms with van der Waals surface area (Å²) >= 11 is 0. The number of likely N-dealkylation sites (tertiary alicyclic amines) is 1. The van der Waals surface area contributed by atoms with Gasteiger partial charge in [0, 0.05) is 25.1 Å². The lowest BCUT2D eigenvalue weighted by Crippen LogP contribution is -2.24. The van der Waals surface area contributed by atoms with Crippen LogP contribution >= 0.6 is 0 Å². The predicted octanol–water partition coefficient (Wildman–Crippen LogP) is 3.52. The molecular weight excluding hydrogens is 241 g/mol. The molecule has 0 saturated carbocycles. The number of rotatable bonds is 6. The van der Waals surface area contributed by atoms with Gasteiger partial charge in [-0.15, -0.1) is 0 Å². The molecule has 1 aliphatic rings. The molecular formula is C16H22FNO. The van der Waals surface area contributed by atoms with E-state index < -0.39 is 0 Å². The normalized spacial score (nSPS) is 19.8. The Hall–Kier alpha value is -1.22. The molecule has 1 saturated heterocycles. The van der Waals surface area contributed by atoms with Crippen LogP contribution in [-0.4, -0.2) is 30.3 Å². The fourth-order valence-electron chi connectivity index (χ4n) is 2.83. The number of ketones is 1. The van der Waals surface area contributed by atoms with Crippen molar-refractivity contribution in [3.8, 4) is 0 Å². The van der Waals surface area contributed by atoms with E-state index in [1.54, 1.807) is 12.1 Å². The first-order chi connectivity index (χ1) is 9.19. The highest BCUT2D eigenvalue weighted by Crippen LogP contribution is 2.21. The molecule has 0 radical (unpaired) electrons. The second-order valence-corrected chi connectivity index (χ2v) is 5.43. The van der Waals surface area contributed by atoms with Crippen LogP contribution in [0, 0.1) is 11.7 Å². The highest BCUT2D eigenvalue weighted by molar-refractivity contribution is 5.96. The van der Waals surface area contributed by atoms with Crippen LogP contribution < -0.4 is 0 Å². The van der Waals surface area contributed by atoms with E-state index >= 15 is 0 Å². The minimum atomic E-state index is -0.338. The number of hydrogen-bond donors (Lipinski definition) is 0. The number of carbonyl (C=O) groups is 1. The van der Waals surface area contributed by atoms with Crippen LogP contribution in [0.25, 0.3) is 0 Å². The van der Waals surface area contributed by atoms with Crippen molar-refractivity contribution in [3.63, 3.8) is 0 Å². The third-order valence-electron chi connectivity index (χ3n) is 3.87. The van der Waals surface area contributed by atoms with Crippen molar-refractivity contribution < 1.29 is 9.18 Å². The Kier molecular flexibility index (Phi) is 5.08. The van der Waals surface area contributed by atoms with E-state index in [2.05, 4.69) is 11.8 Å². The molecule has 0 aliphatic carbocycles. The van der Waals surface area contributed by atoms with E-state index in [0.717, 1.165) is 25.6 Å². The second kappa shape index (κ2) is 6.80. The van der Waals surface area contributed by atoms with Gasteiger partial charge < -0.3 is 4.90 Å². The summed E-state index contributed by atoms with van der Waals surface area (Å²) in [5.74, 6) is 0.503. The summed E-state index contributed by atoms with van der Waals surface area (Å²) in [4.78, 5) is 14.3. The van der Waals surface area contributed by atoms with E-state index in [1.165, 1.54) is 31.4 Å². The second-order valence-electron chi connectivity index (χ2n) is 5.43. The van der Waals surface area contributed by atoms with Crippen molar-refractivity contribution in [2.75, 3.05) is 19.6 Å². The van der Waals surface area contributed by atoms with Gasteiger partial charge in [0.05, 0.1) is 0 Å². The van der Waals surface area contributed by atoms with Crippen LogP contribution in [0.15, 0.2) is 24.3 Å². The largest absolute Gasteiger partial charge is 0.303 e. The van der Waals surface area contributed by atoms with Crippen molar-refractivity contribution in [1.82, 2.24) is 4.90 Å². The summed E-state index contributed by atoms with van der Waals surface area (Å²) in [6, 6.07) is 5.98. The molecule has 1 aromatic carbocycles. The van der Waals surface area contributed by atoms with Gasteiger partial charge >= 0.3 is 0 Å². The van der Waals surface area contributed by atoms with Gasteiger partial charge in [0.2, 0.25) is 0 Å². The first-order valence-electron chi connectivity index (χ1n) is 7.20. The number of carbonyl (C=O) groups excluding carboxylic acids is 1. The maximum Gasteiger partial charge on any atom is 0.164 e. The first-order valence-corrected chi connectivity index (χ1v) is 7.20.